The van der Waals surface area contributed by atoms with E-state index in [-0.39, 0.29) is 12.2 Å². The molecular weight excluding hydrogens is 832 g/mol. The van der Waals surface area contributed by atoms with E-state index < -0.39 is 166 Å². The summed E-state index contributed by atoms with van der Waals surface area (Å²) < 4.78 is 55.0. The van der Waals surface area contributed by atoms with E-state index in [1.54, 1.807) is 6.92 Å². The third kappa shape index (κ3) is 11.5. The lowest BCUT2D eigenvalue weighted by Crippen LogP contribution is -2.71. The highest BCUT2D eigenvalue weighted by Crippen LogP contribution is 2.35. The minimum atomic E-state index is -2.40. The monoisotopic (exact) mass is 884 g/mol. The van der Waals surface area contributed by atoms with E-state index in [0.29, 0.717) is 0 Å². The number of esters is 1. The highest BCUT2D eigenvalue weighted by Gasteiger charge is 2.56. The van der Waals surface area contributed by atoms with Gasteiger partial charge in [0.15, 0.2) is 25.2 Å². The third-order valence-electron chi connectivity index (χ3n) is 10.0. The Hall–Kier alpha value is -3.55. The molecule has 0 aromatic rings. The number of carboxylic acid groups (broad SMARTS) is 2. The van der Waals surface area contributed by atoms with Crippen LogP contribution in [0.3, 0.4) is 0 Å². The van der Waals surface area contributed by atoms with Gasteiger partial charge >= 0.3 is 5.97 Å². The number of carbonyl (C=O) groups is 5. The second kappa shape index (κ2) is 21.7. The van der Waals surface area contributed by atoms with Gasteiger partial charge in [-0.1, -0.05) is 6.58 Å². The van der Waals surface area contributed by atoms with Gasteiger partial charge < -0.3 is 114 Å². The summed E-state index contributed by atoms with van der Waals surface area (Å²) in [6.07, 6.45) is -35.3. The molecule has 20 atom stereocenters. The number of hydrogen-bond acceptors (Lipinski definition) is 24. The van der Waals surface area contributed by atoms with Gasteiger partial charge in [-0.15, -0.1) is 0 Å². The number of aliphatic carboxylic acids is 2. The van der Waals surface area contributed by atoms with Crippen LogP contribution in [-0.4, -0.2) is 215 Å². The van der Waals surface area contributed by atoms with Crippen LogP contribution in [0.15, 0.2) is 12.2 Å². The van der Waals surface area contributed by atoms with E-state index in [1.807, 2.05) is 0 Å². The molecular formula is C35H52N2O24-2. The fraction of sp³-hybridized carbons (Fsp3) is 0.800. The standard InChI is InChI=1S/C35H54N2O24/c1-7-53-23-15(36-11(4)39)32(56-14(18(23)42)9-54-31(51)10(2)3)58-26-20(44)22(46)35(61-28(26)30(49)50)57-24-16(37-12(5)40)33(55-13(8-38)17(24)41)59-25-19(43)21(45)34(52-6)60-27(25)29(47)48/h13-28,32-35,38,41-46H,2,7-9H2,1,3-6H3,(H,36,39)(H,37,40)(H,47,48)(H,49,50)/p-2. The lowest BCUT2D eigenvalue weighted by molar-refractivity contribution is -0.387. The van der Waals surface area contributed by atoms with Gasteiger partial charge in [-0.25, -0.2) is 4.79 Å². The number of carboxylic acids is 2. The summed E-state index contributed by atoms with van der Waals surface area (Å²) in [5.41, 5.74) is -0.00492. The Morgan fingerprint density at radius 2 is 1.07 bits per heavy atom. The minimum absolute atomic E-state index is 0.00492. The van der Waals surface area contributed by atoms with Crippen molar-refractivity contribution in [3.8, 4) is 0 Å². The molecule has 0 aromatic heterocycles. The zero-order valence-corrected chi connectivity index (χ0v) is 33.4. The lowest BCUT2D eigenvalue weighted by atomic mass is 9.94. The number of aliphatic hydroxyl groups excluding tert-OH is 7. The molecule has 4 aliphatic heterocycles. The van der Waals surface area contributed by atoms with Crippen molar-refractivity contribution in [2.45, 2.75) is 150 Å². The fourth-order valence-electron chi connectivity index (χ4n) is 7.09. The molecule has 0 aliphatic carbocycles. The number of amides is 2. The molecule has 0 spiro atoms. The number of aliphatic hydroxyl groups is 7. The van der Waals surface area contributed by atoms with Gasteiger partial charge in [-0.05, 0) is 13.8 Å². The number of ether oxygens (including phenoxy) is 10. The molecule has 4 rings (SSSR count). The first-order chi connectivity index (χ1) is 28.7. The van der Waals surface area contributed by atoms with Gasteiger partial charge in [-0.2, -0.15) is 0 Å². The lowest BCUT2D eigenvalue weighted by Gasteiger charge is -2.50. The van der Waals surface area contributed by atoms with Crippen molar-refractivity contribution in [3.63, 3.8) is 0 Å². The van der Waals surface area contributed by atoms with Crippen molar-refractivity contribution in [1.29, 1.82) is 0 Å². The Morgan fingerprint density at radius 1 is 0.623 bits per heavy atom. The fourth-order valence-corrected chi connectivity index (χ4v) is 7.09. The summed E-state index contributed by atoms with van der Waals surface area (Å²) >= 11 is 0. The topological polar surface area (TPSA) is 389 Å². The largest absolute Gasteiger partial charge is 0.547 e. The molecule has 0 radical (unpaired) electrons. The zero-order chi connectivity index (χ0) is 45.6. The molecule has 0 saturated carbocycles. The third-order valence-corrected chi connectivity index (χ3v) is 10.0. The maximum absolute atomic E-state index is 12.6. The number of hydrogen-bond donors (Lipinski definition) is 9. The number of rotatable bonds is 17. The maximum atomic E-state index is 12.6. The Kier molecular flexibility index (Phi) is 17.8. The quantitative estimate of drug-likeness (QED) is 0.0484. The average Bonchev–Trinajstić information content (AvgIpc) is 3.19. The number of methoxy groups -OCH3 is 1. The van der Waals surface area contributed by atoms with Crippen LogP contribution in [0.25, 0.3) is 0 Å². The molecule has 348 valence electrons. The Balaban J connectivity index is 1.64. The van der Waals surface area contributed by atoms with E-state index in [9.17, 15) is 69.9 Å². The summed E-state index contributed by atoms with van der Waals surface area (Å²) in [5.74, 6) is -6.50. The molecule has 4 fully saturated rings. The summed E-state index contributed by atoms with van der Waals surface area (Å²) in [6.45, 7) is 6.71. The normalized spacial score (nSPS) is 41.6. The van der Waals surface area contributed by atoms with Gasteiger partial charge in [-0.3, -0.25) is 9.59 Å². The van der Waals surface area contributed by atoms with Gasteiger partial charge in [0.1, 0.15) is 104 Å². The molecule has 4 saturated heterocycles. The molecule has 0 bridgehead atoms. The van der Waals surface area contributed by atoms with E-state index in [4.69, 9.17) is 47.4 Å². The number of nitrogens with one attached hydrogen (secondary N) is 2. The maximum Gasteiger partial charge on any atom is 0.333 e. The highest BCUT2D eigenvalue weighted by atomic mass is 16.8. The summed E-state index contributed by atoms with van der Waals surface area (Å²) in [4.78, 5) is 61.5. The Bertz CT molecular complexity index is 1550. The first-order valence-electron chi connectivity index (χ1n) is 18.9. The van der Waals surface area contributed by atoms with Gasteiger partial charge in [0.05, 0.1) is 18.5 Å². The molecule has 26 nitrogen and oxygen atoms in total. The zero-order valence-electron chi connectivity index (χ0n) is 33.4. The van der Waals surface area contributed by atoms with E-state index >= 15 is 0 Å². The molecule has 20 unspecified atom stereocenters. The van der Waals surface area contributed by atoms with Crippen LogP contribution in [0.2, 0.25) is 0 Å². The SMILES string of the molecule is C=C(C)C(=O)OCC1OC(OC2C(C(=O)[O-])OC(OC3C(O)C(CO)OC(OC4C(C(=O)[O-])OC(OC)C(O)C4O)C3NC(C)=O)C(O)C2O)C(NC(C)=O)C(OCC)C1O. The summed E-state index contributed by atoms with van der Waals surface area (Å²) in [6, 6.07) is -3.26. The van der Waals surface area contributed by atoms with Crippen LogP contribution in [-0.2, 0) is 71.3 Å². The molecule has 2 amide bonds. The summed E-state index contributed by atoms with van der Waals surface area (Å²) in [7, 11) is 1.04. The molecule has 61 heavy (non-hydrogen) atoms. The van der Waals surface area contributed by atoms with Crippen LogP contribution in [0.1, 0.15) is 27.7 Å². The highest BCUT2D eigenvalue weighted by molar-refractivity contribution is 5.86. The predicted molar refractivity (Wildman–Crippen MR) is 186 cm³/mol. The van der Waals surface area contributed by atoms with Crippen molar-refractivity contribution in [3.05, 3.63) is 12.2 Å². The van der Waals surface area contributed by atoms with Crippen molar-refractivity contribution in [2.24, 2.45) is 0 Å². The first kappa shape index (κ1) is 50.1. The van der Waals surface area contributed by atoms with Crippen molar-refractivity contribution < 1.29 is 117 Å². The van der Waals surface area contributed by atoms with Gasteiger partial charge in [0, 0.05) is 33.1 Å². The summed E-state index contributed by atoms with van der Waals surface area (Å²) in [5, 5.41) is 106. The second-order valence-corrected chi connectivity index (χ2v) is 14.5. The van der Waals surface area contributed by atoms with E-state index in [0.717, 1.165) is 21.0 Å². The molecule has 26 heteroatoms. The predicted octanol–water partition coefficient (Wildman–Crippen LogP) is -9.12. The van der Waals surface area contributed by atoms with Crippen LogP contribution in [0.4, 0.5) is 0 Å². The van der Waals surface area contributed by atoms with Crippen LogP contribution < -0.4 is 20.8 Å². The minimum Gasteiger partial charge on any atom is -0.547 e. The second-order valence-electron chi connectivity index (χ2n) is 14.5. The molecule has 0 aromatic carbocycles. The van der Waals surface area contributed by atoms with Crippen molar-refractivity contribution in [1.82, 2.24) is 10.6 Å². The van der Waals surface area contributed by atoms with Crippen molar-refractivity contribution >= 4 is 29.7 Å². The number of carbonyl (C=O) groups excluding carboxylic acids is 5. The molecule has 9 N–H and O–H groups in total. The van der Waals surface area contributed by atoms with Gasteiger partial charge in [0.2, 0.25) is 11.8 Å². The Morgan fingerprint density at radius 3 is 1.51 bits per heavy atom. The van der Waals surface area contributed by atoms with Crippen LogP contribution in [0, 0.1) is 0 Å². The van der Waals surface area contributed by atoms with E-state index in [1.165, 1.54) is 6.92 Å². The molecule has 4 heterocycles. The van der Waals surface area contributed by atoms with Gasteiger partial charge in [0.25, 0.3) is 0 Å². The Labute approximate surface area is 347 Å². The first-order valence-corrected chi connectivity index (χ1v) is 18.9. The smallest absolute Gasteiger partial charge is 0.333 e. The molecule has 4 aliphatic rings. The van der Waals surface area contributed by atoms with Crippen molar-refractivity contribution in [2.75, 3.05) is 26.9 Å². The van der Waals surface area contributed by atoms with Crippen LogP contribution >= 0.6 is 0 Å². The average molecular weight is 885 g/mol. The van der Waals surface area contributed by atoms with E-state index in [2.05, 4.69) is 17.2 Å². The van der Waals surface area contributed by atoms with Crippen LogP contribution in [0.5, 0.6) is 0 Å².